The van der Waals surface area contributed by atoms with E-state index in [0.29, 0.717) is 28.7 Å². The molecule has 0 aromatic heterocycles. The summed E-state index contributed by atoms with van der Waals surface area (Å²) in [5.74, 6) is 1.79. The van der Waals surface area contributed by atoms with Gasteiger partial charge in [-0.2, -0.15) is 0 Å². The molecule has 5 nitrogen and oxygen atoms in total. The molecule has 2 aromatic carbocycles. The average molecular weight is 378 g/mol. The van der Waals surface area contributed by atoms with Gasteiger partial charge in [-0.05, 0) is 55.8 Å². The van der Waals surface area contributed by atoms with E-state index >= 15 is 0 Å². The van der Waals surface area contributed by atoms with E-state index in [1.54, 1.807) is 38.5 Å². The smallest absolute Gasteiger partial charge is 0.261 e. The summed E-state index contributed by atoms with van der Waals surface area (Å²) in [5, 5.41) is 3.60. The first-order valence-corrected chi connectivity index (χ1v) is 8.80. The predicted molar refractivity (Wildman–Crippen MR) is 102 cm³/mol. The molecule has 0 aliphatic heterocycles. The number of hydrogen-bond donors (Lipinski definition) is 1. The molecular weight excluding hydrogens is 354 g/mol. The second-order valence-corrected chi connectivity index (χ2v) is 6.24. The summed E-state index contributed by atoms with van der Waals surface area (Å²) in [6.07, 6.45) is -0.0635. The van der Waals surface area contributed by atoms with Gasteiger partial charge in [-0.1, -0.05) is 18.5 Å². The SMILES string of the molecule is CC[C@H](Oc1ccc(Cl)cc1)C(=O)N[C@H](C)c1cc(OC)ccc1OC. The first kappa shape index (κ1) is 19.9. The second kappa shape index (κ2) is 9.34. The monoisotopic (exact) mass is 377 g/mol. The van der Waals surface area contributed by atoms with Crippen molar-refractivity contribution in [2.24, 2.45) is 0 Å². The zero-order chi connectivity index (χ0) is 19.1. The van der Waals surface area contributed by atoms with Gasteiger partial charge < -0.3 is 19.5 Å². The third kappa shape index (κ3) is 5.05. The molecule has 140 valence electrons. The quantitative estimate of drug-likeness (QED) is 0.741. The van der Waals surface area contributed by atoms with Gasteiger partial charge in [0.2, 0.25) is 0 Å². The van der Waals surface area contributed by atoms with Gasteiger partial charge in [-0.15, -0.1) is 0 Å². The Hall–Kier alpha value is -2.40. The largest absolute Gasteiger partial charge is 0.497 e. The molecule has 0 unspecified atom stereocenters. The maximum absolute atomic E-state index is 12.6. The minimum atomic E-state index is -0.602. The molecule has 0 saturated carbocycles. The van der Waals surface area contributed by atoms with Crippen LogP contribution in [-0.4, -0.2) is 26.2 Å². The lowest BCUT2D eigenvalue weighted by Crippen LogP contribution is -2.39. The predicted octanol–water partition coefficient (Wildman–Crippen LogP) is 4.39. The summed E-state index contributed by atoms with van der Waals surface area (Å²) in [5.41, 5.74) is 0.835. The van der Waals surface area contributed by atoms with Crippen molar-refractivity contribution in [3.05, 3.63) is 53.1 Å². The number of carbonyl (C=O) groups excluding carboxylic acids is 1. The summed E-state index contributed by atoms with van der Waals surface area (Å²) in [6.45, 7) is 3.79. The zero-order valence-electron chi connectivity index (χ0n) is 15.4. The molecule has 2 aromatic rings. The highest BCUT2D eigenvalue weighted by Crippen LogP contribution is 2.29. The molecule has 0 bridgehead atoms. The van der Waals surface area contributed by atoms with Crippen LogP contribution in [0.1, 0.15) is 31.9 Å². The fourth-order valence-electron chi connectivity index (χ4n) is 2.56. The molecule has 1 N–H and O–H groups in total. The van der Waals surface area contributed by atoms with E-state index in [4.69, 9.17) is 25.8 Å². The van der Waals surface area contributed by atoms with Gasteiger partial charge >= 0.3 is 0 Å². The van der Waals surface area contributed by atoms with Gasteiger partial charge in [0.25, 0.3) is 5.91 Å². The molecule has 0 radical (unpaired) electrons. The third-order valence-electron chi connectivity index (χ3n) is 4.02. The van der Waals surface area contributed by atoms with E-state index in [-0.39, 0.29) is 11.9 Å². The second-order valence-electron chi connectivity index (χ2n) is 5.81. The Kier molecular flexibility index (Phi) is 7.16. The lowest BCUT2D eigenvalue weighted by atomic mass is 10.1. The third-order valence-corrected chi connectivity index (χ3v) is 4.27. The Bertz CT molecular complexity index is 733. The number of ether oxygens (including phenoxy) is 3. The molecular formula is C20H24ClNO4. The Morgan fingerprint density at radius 1 is 1.08 bits per heavy atom. The van der Waals surface area contributed by atoms with Crippen molar-refractivity contribution in [2.45, 2.75) is 32.4 Å². The van der Waals surface area contributed by atoms with Gasteiger partial charge in [0, 0.05) is 10.6 Å². The van der Waals surface area contributed by atoms with Crippen LogP contribution < -0.4 is 19.5 Å². The molecule has 1 amide bonds. The lowest BCUT2D eigenvalue weighted by molar-refractivity contribution is -0.128. The molecule has 26 heavy (non-hydrogen) atoms. The topological polar surface area (TPSA) is 56.8 Å². The van der Waals surface area contributed by atoms with Crippen molar-refractivity contribution in [1.29, 1.82) is 0 Å². The van der Waals surface area contributed by atoms with Gasteiger partial charge in [0.05, 0.1) is 20.3 Å². The van der Waals surface area contributed by atoms with Gasteiger partial charge in [0.15, 0.2) is 6.10 Å². The molecule has 0 aliphatic rings. The van der Waals surface area contributed by atoms with Crippen molar-refractivity contribution in [2.75, 3.05) is 14.2 Å². The summed E-state index contributed by atoms with van der Waals surface area (Å²) < 4.78 is 16.4. The summed E-state index contributed by atoms with van der Waals surface area (Å²) in [4.78, 5) is 12.6. The highest BCUT2D eigenvalue weighted by molar-refractivity contribution is 6.30. The van der Waals surface area contributed by atoms with Crippen molar-refractivity contribution in [3.63, 3.8) is 0 Å². The molecule has 0 heterocycles. The molecule has 0 fully saturated rings. The average Bonchev–Trinajstić information content (AvgIpc) is 2.66. The number of carbonyl (C=O) groups is 1. The molecule has 0 saturated heterocycles. The van der Waals surface area contributed by atoms with Crippen LogP contribution in [0.3, 0.4) is 0 Å². The number of halogens is 1. The zero-order valence-corrected chi connectivity index (χ0v) is 16.2. The maximum Gasteiger partial charge on any atom is 0.261 e. The number of methoxy groups -OCH3 is 2. The number of rotatable bonds is 8. The maximum atomic E-state index is 12.6. The summed E-state index contributed by atoms with van der Waals surface area (Å²) in [6, 6.07) is 12.2. The number of amides is 1. The van der Waals surface area contributed by atoms with E-state index in [2.05, 4.69) is 5.32 Å². The molecule has 0 spiro atoms. The van der Waals surface area contributed by atoms with Crippen LogP contribution in [0.4, 0.5) is 0 Å². The summed E-state index contributed by atoms with van der Waals surface area (Å²) >= 11 is 5.88. The fraction of sp³-hybridized carbons (Fsp3) is 0.350. The van der Waals surface area contributed by atoms with Crippen LogP contribution in [-0.2, 0) is 4.79 Å². The minimum absolute atomic E-state index is 0.195. The number of hydrogen-bond acceptors (Lipinski definition) is 4. The van der Waals surface area contributed by atoms with Gasteiger partial charge in [-0.25, -0.2) is 0 Å². The van der Waals surface area contributed by atoms with Crippen molar-refractivity contribution in [1.82, 2.24) is 5.32 Å². The first-order valence-electron chi connectivity index (χ1n) is 8.43. The fourth-order valence-corrected chi connectivity index (χ4v) is 2.69. The highest BCUT2D eigenvalue weighted by atomic mass is 35.5. The van der Waals surface area contributed by atoms with Crippen LogP contribution in [0.5, 0.6) is 17.2 Å². The number of nitrogens with one attached hydrogen (secondary N) is 1. The van der Waals surface area contributed by atoms with Crippen LogP contribution in [0.2, 0.25) is 5.02 Å². The van der Waals surface area contributed by atoms with E-state index in [1.165, 1.54) is 0 Å². The Labute approximate surface area is 159 Å². The molecule has 2 rings (SSSR count). The van der Waals surface area contributed by atoms with Gasteiger partial charge in [-0.3, -0.25) is 4.79 Å². The van der Waals surface area contributed by atoms with Crippen LogP contribution in [0.15, 0.2) is 42.5 Å². The standard InChI is InChI=1S/C20H24ClNO4/c1-5-18(26-15-8-6-14(21)7-9-15)20(23)22-13(2)17-12-16(24-3)10-11-19(17)25-4/h6-13,18H,5H2,1-4H3,(H,22,23)/t13-,18+/m1/s1. The van der Waals surface area contributed by atoms with E-state index in [1.807, 2.05) is 32.0 Å². The minimum Gasteiger partial charge on any atom is -0.497 e. The van der Waals surface area contributed by atoms with E-state index in [9.17, 15) is 4.79 Å². The lowest BCUT2D eigenvalue weighted by Gasteiger charge is -2.22. The highest BCUT2D eigenvalue weighted by Gasteiger charge is 2.22. The molecule has 2 atom stereocenters. The van der Waals surface area contributed by atoms with Crippen molar-refractivity contribution >= 4 is 17.5 Å². The first-order chi connectivity index (χ1) is 12.5. The Morgan fingerprint density at radius 3 is 2.31 bits per heavy atom. The summed E-state index contributed by atoms with van der Waals surface area (Å²) in [7, 11) is 3.19. The van der Waals surface area contributed by atoms with Crippen molar-refractivity contribution < 1.29 is 19.0 Å². The van der Waals surface area contributed by atoms with Gasteiger partial charge in [0.1, 0.15) is 17.2 Å². The van der Waals surface area contributed by atoms with E-state index in [0.717, 1.165) is 5.56 Å². The Morgan fingerprint density at radius 2 is 1.73 bits per heavy atom. The van der Waals surface area contributed by atoms with E-state index < -0.39 is 6.10 Å². The molecule has 0 aliphatic carbocycles. The van der Waals surface area contributed by atoms with Crippen LogP contribution >= 0.6 is 11.6 Å². The number of benzene rings is 2. The van der Waals surface area contributed by atoms with Crippen LogP contribution in [0.25, 0.3) is 0 Å². The molecule has 6 heteroatoms. The normalized spacial score (nSPS) is 12.8. The Balaban J connectivity index is 2.10. The van der Waals surface area contributed by atoms with Crippen molar-refractivity contribution in [3.8, 4) is 17.2 Å². The van der Waals surface area contributed by atoms with Crippen LogP contribution in [0, 0.1) is 0 Å².